The van der Waals surface area contributed by atoms with Crippen LogP contribution in [0.4, 0.5) is 10.1 Å². The summed E-state index contributed by atoms with van der Waals surface area (Å²) in [5, 5.41) is 2.60. The van der Waals surface area contributed by atoms with Gasteiger partial charge in [0, 0.05) is 5.69 Å². The zero-order valence-corrected chi connectivity index (χ0v) is 17.3. The standard InChI is InChI=1S/C24H24FN3O3/c1-17(29)24(18-6-3-2-4-7-18)10-12-28(13-11-24)15-22-27-21(16-31-22)23(30)26-20-9-5-8-19(25)14-20/h2-9,14,16H,10-13,15H2,1H3,(H,26,30). The van der Waals surface area contributed by atoms with Gasteiger partial charge in [-0.05, 0) is 56.6 Å². The Labute approximate surface area is 180 Å². The van der Waals surface area contributed by atoms with E-state index in [9.17, 15) is 14.0 Å². The molecule has 6 nitrogen and oxygen atoms in total. The summed E-state index contributed by atoms with van der Waals surface area (Å²) < 4.78 is 18.8. The summed E-state index contributed by atoms with van der Waals surface area (Å²) in [4.78, 5) is 31.3. The smallest absolute Gasteiger partial charge is 0.277 e. The van der Waals surface area contributed by atoms with Crippen LogP contribution in [0.15, 0.2) is 65.3 Å². The third-order valence-electron chi connectivity index (χ3n) is 5.94. The summed E-state index contributed by atoms with van der Waals surface area (Å²) in [5.74, 6) is -0.273. The van der Waals surface area contributed by atoms with Crippen LogP contribution >= 0.6 is 0 Å². The van der Waals surface area contributed by atoms with Gasteiger partial charge in [0.15, 0.2) is 5.69 Å². The highest BCUT2D eigenvalue weighted by atomic mass is 19.1. The molecule has 0 aliphatic carbocycles. The maximum Gasteiger partial charge on any atom is 0.277 e. The molecule has 1 N–H and O–H groups in total. The molecule has 1 aromatic heterocycles. The lowest BCUT2D eigenvalue weighted by Crippen LogP contribution is -2.46. The van der Waals surface area contributed by atoms with Gasteiger partial charge < -0.3 is 9.73 Å². The Morgan fingerprint density at radius 2 is 1.87 bits per heavy atom. The molecule has 0 atom stereocenters. The molecule has 0 radical (unpaired) electrons. The number of halogens is 1. The highest BCUT2D eigenvalue weighted by Crippen LogP contribution is 2.36. The van der Waals surface area contributed by atoms with E-state index < -0.39 is 17.1 Å². The fourth-order valence-electron chi connectivity index (χ4n) is 4.13. The van der Waals surface area contributed by atoms with E-state index in [2.05, 4.69) is 15.2 Å². The van der Waals surface area contributed by atoms with Crippen LogP contribution in [0.5, 0.6) is 0 Å². The van der Waals surface area contributed by atoms with Crippen molar-refractivity contribution in [3.8, 4) is 0 Å². The summed E-state index contributed by atoms with van der Waals surface area (Å²) >= 11 is 0. The van der Waals surface area contributed by atoms with E-state index in [-0.39, 0.29) is 11.5 Å². The second-order valence-electron chi connectivity index (χ2n) is 7.87. The molecule has 160 valence electrons. The van der Waals surface area contributed by atoms with Gasteiger partial charge in [-0.1, -0.05) is 36.4 Å². The molecule has 0 bridgehead atoms. The fourth-order valence-corrected chi connectivity index (χ4v) is 4.13. The fraction of sp³-hybridized carbons (Fsp3) is 0.292. The number of nitrogens with one attached hydrogen (secondary N) is 1. The predicted octanol–water partition coefficient (Wildman–Crippen LogP) is 4.19. The van der Waals surface area contributed by atoms with Crippen molar-refractivity contribution in [1.29, 1.82) is 0 Å². The Balaban J connectivity index is 1.38. The van der Waals surface area contributed by atoms with Gasteiger partial charge in [-0.25, -0.2) is 9.37 Å². The lowest BCUT2D eigenvalue weighted by atomic mass is 9.70. The number of amides is 1. The number of piperidine rings is 1. The number of anilines is 1. The van der Waals surface area contributed by atoms with E-state index in [0.717, 1.165) is 31.5 Å². The average molecular weight is 421 g/mol. The van der Waals surface area contributed by atoms with Crippen molar-refractivity contribution >= 4 is 17.4 Å². The van der Waals surface area contributed by atoms with Crippen LogP contribution in [0.2, 0.25) is 0 Å². The van der Waals surface area contributed by atoms with E-state index in [4.69, 9.17) is 4.42 Å². The van der Waals surface area contributed by atoms with Crippen LogP contribution in [0.1, 0.15) is 41.7 Å². The first-order valence-electron chi connectivity index (χ1n) is 10.3. The van der Waals surface area contributed by atoms with Gasteiger partial charge in [-0.3, -0.25) is 14.5 Å². The van der Waals surface area contributed by atoms with E-state index in [0.29, 0.717) is 18.1 Å². The van der Waals surface area contributed by atoms with Gasteiger partial charge in [0.2, 0.25) is 5.89 Å². The first-order valence-corrected chi connectivity index (χ1v) is 10.3. The van der Waals surface area contributed by atoms with Crippen LogP contribution in [0.25, 0.3) is 0 Å². The normalized spacial score (nSPS) is 16.1. The first-order chi connectivity index (χ1) is 15.0. The summed E-state index contributed by atoms with van der Waals surface area (Å²) in [6.07, 6.45) is 2.75. The largest absolute Gasteiger partial charge is 0.447 e. The summed E-state index contributed by atoms with van der Waals surface area (Å²) in [5.41, 5.74) is 1.10. The molecule has 0 spiro atoms. The van der Waals surface area contributed by atoms with Crippen molar-refractivity contribution in [1.82, 2.24) is 9.88 Å². The van der Waals surface area contributed by atoms with Gasteiger partial charge in [0.25, 0.3) is 5.91 Å². The minimum Gasteiger partial charge on any atom is -0.447 e. The monoisotopic (exact) mass is 421 g/mol. The number of aromatic nitrogens is 1. The Bertz CT molecular complexity index is 1070. The number of carbonyl (C=O) groups excluding carboxylic acids is 2. The number of likely N-dealkylation sites (tertiary alicyclic amines) is 1. The minimum absolute atomic E-state index is 0.138. The molecule has 3 aromatic rings. The van der Waals surface area contributed by atoms with Gasteiger partial charge in [-0.2, -0.15) is 0 Å². The zero-order valence-electron chi connectivity index (χ0n) is 17.3. The SMILES string of the molecule is CC(=O)C1(c2ccccc2)CCN(Cc2nc(C(=O)Nc3cccc(F)c3)co2)CC1. The van der Waals surface area contributed by atoms with Crippen molar-refractivity contribution in [3.05, 3.63) is 83.8 Å². The van der Waals surface area contributed by atoms with Crippen LogP contribution in [0.3, 0.4) is 0 Å². The second kappa shape index (κ2) is 8.81. The van der Waals surface area contributed by atoms with Gasteiger partial charge in [0.1, 0.15) is 17.9 Å². The van der Waals surface area contributed by atoms with Crippen molar-refractivity contribution < 1.29 is 18.4 Å². The third kappa shape index (κ3) is 4.56. The molecule has 31 heavy (non-hydrogen) atoms. The van der Waals surface area contributed by atoms with Gasteiger partial charge in [-0.15, -0.1) is 0 Å². The van der Waals surface area contributed by atoms with Crippen molar-refractivity contribution in [2.75, 3.05) is 18.4 Å². The average Bonchev–Trinajstić information content (AvgIpc) is 3.23. The third-order valence-corrected chi connectivity index (χ3v) is 5.94. The van der Waals surface area contributed by atoms with Gasteiger partial charge in [0.05, 0.1) is 12.0 Å². The van der Waals surface area contributed by atoms with E-state index >= 15 is 0 Å². The molecule has 1 fully saturated rings. The topological polar surface area (TPSA) is 75.4 Å². The second-order valence-corrected chi connectivity index (χ2v) is 7.87. The number of carbonyl (C=O) groups is 2. The molecular formula is C24H24FN3O3. The highest BCUT2D eigenvalue weighted by Gasteiger charge is 2.40. The molecule has 4 rings (SSSR count). The van der Waals surface area contributed by atoms with Crippen molar-refractivity contribution in [3.63, 3.8) is 0 Å². The molecule has 2 aromatic carbocycles. The Morgan fingerprint density at radius 3 is 2.55 bits per heavy atom. The quantitative estimate of drug-likeness (QED) is 0.646. The van der Waals surface area contributed by atoms with Gasteiger partial charge >= 0.3 is 0 Å². The Hall–Kier alpha value is -3.32. The maximum absolute atomic E-state index is 13.3. The number of hydrogen-bond donors (Lipinski definition) is 1. The number of rotatable bonds is 6. The van der Waals surface area contributed by atoms with Crippen LogP contribution in [0, 0.1) is 5.82 Å². The van der Waals surface area contributed by atoms with E-state index in [1.807, 2.05) is 30.3 Å². The highest BCUT2D eigenvalue weighted by molar-refractivity contribution is 6.02. The van der Waals surface area contributed by atoms with E-state index in [1.54, 1.807) is 13.0 Å². The van der Waals surface area contributed by atoms with Crippen molar-refractivity contribution in [2.24, 2.45) is 0 Å². The zero-order chi connectivity index (χ0) is 21.8. The molecule has 1 saturated heterocycles. The molecule has 0 unspecified atom stereocenters. The van der Waals surface area contributed by atoms with Crippen molar-refractivity contribution in [2.45, 2.75) is 31.7 Å². The van der Waals surface area contributed by atoms with Crippen LogP contribution in [-0.2, 0) is 16.8 Å². The van der Waals surface area contributed by atoms with Crippen LogP contribution in [-0.4, -0.2) is 34.7 Å². The Morgan fingerprint density at radius 1 is 1.13 bits per heavy atom. The first kappa shape index (κ1) is 20.9. The lowest BCUT2D eigenvalue weighted by Gasteiger charge is -2.40. The lowest BCUT2D eigenvalue weighted by molar-refractivity contribution is -0.124. The summed E-state index contributed by atoms with van der Waals surface area (Å²) in [6, 6.07) is 15.6. The molecule has 7 heteroatoms. The number of benzene rings is 2. The number of oxazole rings is 1. The molecule has 2 heterocycles. The molecular weight excluding hydrogens is 397 g/mol. The molecule has 1 amide bonds. The number of ketones is 1. The molecule has 1 aliphatic rings. The van der Waals surface area contributed by atoms with E-state index in [1.165, 1.54) is 24.5 Å². The predicted molar refractivity (Wildman–Crippen MR) is 114 cm³/mol. The Kier molecular flexibility index (Phi) is 5.95. The summed E-state index contributed by atoms with van der Waals surface area (Å²) in [7, 11) is 0. The maximum atomic E-state index is 13.3. The number of hydrogen-bond acceptors (Lipinski definition) is 5. The number of Topliss-reactive ketones (excluding diaryl/α,β-unsaturated/α-hetero) is 1. The molecule has 1 aliphatic heterocycles. The molecule has 0 saturated carbocycles. The summed E-state index contributed by atoms with van der Waals surface area (Å²) in [6.45, 7) is 3.57. The number of nitrogens with zero attached hydrogens (tertiary/aromatic N) is 2. The minimum atomic E-state index is -0.459. The van der Waals surface area contributed by atoms with Crippen LogP contribution < -0.4 is 5.32 Å².